The Kier molecular flexibility index (Phi) is 5.35. The fourth-order valence-corrected chi connectivity index (χ4v) is 1.27. The summed E-state index contributed by atoms with van der Waals surface area (Å²) in [5.74, 6) is 1.92. The zero-order valence-corrected chi connectivity index (χ0v) is 11.4. The Bertz CT molecular complexity index is 353. The smallest absolute Gasteiger partial charge is 0.221 e. The summed E-state index contributed by atoms with van der Waals surface area (Å²) in [4.78, 5) is 8.59. The average Bonchev–Trinajstić information content (AvgIpc) is 2.28. The number of aromatic nitrogens is 2. The summed E-state index contributed by atoms with van der Waals surface area (Å²) >= 11 is 0. The minimum Gasteiger partial charge on any atom is -0.474 e. The highest BCUT2D eigenvalue weighted by atomic mass is 16.5. The molecule has 0 aromatic carbocycles. The molecule has 1 aromatic rings. The molecule has 1 atom stereocenters. The largest absolute Gasteiger partial charge is 0.474 e. The summed E-state index contributed by atoms with van der Waals surface area (Å²) in [6, 6.07) is 0. The number of ether oxygens (including phenoxy) is 1. The summed E-state index contributed by atoms with van der Waals surface area (Å²) in [5.41, 5.74) is 1.02. The lowest BCUT2D eigenvalue weighted by Crippen LogP contribution is -2.22. The zero-order chi connectivity index (χ0) is 12.8. The van der Waals surface area contributed by atoms with E-state index >= 15 is 0 Å². The third kappa shape index (κ3) is 4.30. The van der Waals surface area contributed by atoms with Gasteiger partial charge in [-0.25, -0.2) is 4.98 Å². The van der Waals surface area contributed by atoms with E-state index in [1.807, 2.05) is 13.1 Å². The van der Waals surface area contributed by atoms with Crippen molar-refractivity contribution in [3.63, 3.8) is 0 Å². The predicted molar refractivity (Wildman–Crippen MR) is 69.1 cm³/mol. The van der Waals surface area contributed by atoms with Crippen LogP contribution in [0.2, 0.25) is 0 Å². The molecule has 0 aliphatic carbocycles. The molecule has 1 unspecified atom stereocenters. The number of nitrogens with one attached hydrogen (secondary N) is 1. The van der Waals surface area contributed by atoms with Crippen LogP contribution in [0.4, 0.5) is 0 Å². The number of hydrogen-bond donors (Lipinski definition) is 1. The van der Waals surface area contributed by atoms with Crippen LogP contribution < -0.4 is 10.1 Å². The fraction of sp³-hybridized carbons (Fsp3) is 0.692. The second-order valence-corrected chi connectivity index (χ2v) is 4.59. The van der Waals surface area contributed by atoms with E-state index in [2.05, 4.69) is 43.0 Å². The molecule has 1 heterocycles. The molecule has 4 heteroatoms. The van der Waals surface area contributed by atoms with Gasteiger partial charge in [0.2, 0.25) is 5.88 Å². The van der Waals surface area contributed by atoms with Gasteiger partial charge in [-0.05, 0) is 26.3 Å². The van der Waals surface area contributed by atoms with Gasteiger partial charge in [0.25, 0.3) is 0 Å². The summed E-state index contributed by atoms with van der Waals surface area (Å²) in [6.45, 7) is 12.0. The van der Waals surface area contributed by atoms with Crippen LogP contribution in [0.25, 0.3) is 0 Å². The van der Waals surface area contributed by atoms with Crippen molar-refractivity contribution >= 4 is 0 Å². The van der Waals surface area contributed by atoms with Gasteiger partial charge in [-0.15, -0.1) is 0 Å². The Morgan fingerprint density at radius 1 is 1.35 bits per heavy atom. The quantitative estimate of drug-likeness (QED) is 0.825. The Hall–Kier alpha value is -1.16. The standard InChI is InChI=1S/C13H23N3O/c1-6-14-7-12-8-15-11(5)16-13(12)17-10(4)9(2)3/h8-10,14H,6-7H2,1-5H3. The van der Waals surface area contributed by atoms with E-state index in [0.29, 0.717) is 11.8 Å². The molecule has 0 aliphatic heterocycles. The van der Waals surface area contributed by atoms with Gasteiger partial charge >= 0.3 is 0 Å². The first kappa shape index (κ1) is 13.9. The van der Waals surface area contributed by atoms with Crippen molar-refractivity contribution in [1.29, 1.82) is 0 Å². The van der Waals surface area contributed by atoms with Gasteiger partial charge in [0.15, 0.2) is 0 Å². The molecule has 0 amide bonds. The number of hydrogen-bond acceptors (Lipinski definition) is 4. The normalized spacial score (nSPS) is 12.8. The molecular weight excluding hydrogens is 214 g/mol. The Morgan fingerprint density at radius 2 is 2.06 bits per heavy atom. The number of rotatable bonds is 6. The maximum absolute atomic E-state index is 5.89. The van der Waals surface area contributed by atoms with Crippen LogP contribution in [0.15, 0.2) is 6.20 Å². The summed E-state index contributed by atoms with van der Waals surface area (Å²) in [6.07, 6.45) is 2.00. The molecule has 0 bridgehead atoms. The van der Waals surface area contributed by atoms with Crippen molar-refractivity contribution in [2.75, 3.05) is 6.54 Å². The Morgan fingerprint density at radius 3 is 2.65 bits per heavy atom. The Labute approximate surface area is 104 Å². The van der Waals surface area contributed by atoms with Crippen LogP contribution in [0.3, 0.4) is 0 Å². The van der Waals surface area contributed by atoms with Crippen molar-refractivity contribution in [2.45, 2.75) is 47.3 Å². The lowest BCUT2D eigenvalue weighted by atomic mass is 10.1. The molecule has 0 fully saturated rings. The SMILES string of the molecule is CCNCc1cnc(C)nc1OC(C)C(C)C. The molecule has 0 saturated carbocycles. The van der Waals surface area contributed by atoms with Gasteiger partial charge in [0.05, 0.1) is 6.10 Å². The van der Waals surface area contributed by atoms with E-state index in [-0.39, 0.29) is 6.10 Å². The number of aryl methyl sites for hydroxylation is 1. The topological polar surface area (TPSA) is 47.0 Å². The molecular formula is C13H23N3O. The molecule has 17 heavy (non-hydrogen) atoms. The van der Waals surface area contributed by atoms with Crippen LogP contribution in [0, 0.1) is 12.8 Å². The molecule has 0 saturated heterocycles. The van der Waals surface area contributed by atoms with Crippen LogP contribution in [-0.2, 0) is 6.54 Å². The first-order chi connectivity index (χ1) is 8.04. The molecule has 1 rings (SSSR count). The molecule has 0 aliphatic rings. The number of nitrogens with zero attached hydrogens (tertiary/aromatic N) is 2. The summed E-state index contributed by atoms with van der Waals surface area (Å²) in [7, 11) is 0. The molecule has 4 nitrogen and oxygen atoms in total. The monoisotopic (exact) mass is 237 g/mol. The third-order valence-corrected chi connectivity index (χ3v) is 2.75. The van der Waals surface area contributed by atoms with Crippen LogP contribution in [-0.4, -0.2) is 22.6 Å². The molecule has 1 N–H and O–H groups in total. The van der Waals surface area contributed by atoms with Gasteiger partial charge < -0.3 is 10.1 Å². The van der Waals surface area contributed by atoms with Gasteiger partial charge in [0, 0.05) is 18.3 Å². The van der Waals surface area contributed by atoms with E-state index in [9.17, 15) is 0 Å². The second-order valence-electron chi connectivity index (χ2n) is 4.59. The van der Waals surface area contributed by atoms with Gasteiger partial charge in [-0.3, -0.25) is 0 Å². The van der Waals surface area contributed by atoms with Crippen molar-refractivity contribution in [3.05, 3.63) is 17.6 Å². The lowest BCUT2D eigenvalue weighted by molar-refractivity contribution is 0.160. The van der Waals surface area contributed by atoms with Gasteiger partial charge in [-0.2, -0.15) is 4.98 Å². The molecule has 0 spiro atoms. The Balaban J connectivity index is 2.82. The second kappa shape index (κ2) is 6.55. The maximum atomic E-state index is 5.89. The van der Waals surface area contributed by atoms with E-state index in [4.69, 9.17) is 4.74 Å². The van der Waals surface area contributed by atoms with Crippen molar-refractivity contribution in [2.24, 2.45) is 5.92 Å². The van der Waals surface area contributed by atoms with Gasteiger partial charge in [0.1, 0.15) is 5.82 Å². The summed E-state index contributed by atoms with van der Waals surface area (Å²) in [5, 5.41) is 3.27. The maximum Gasteiger partial charge on any atom is 0.221 e. The molecule has 1 aromatic heterocycles. The molecule has 96 valence electrons. The molecule has 0 radical (unpaired) electrons. The minimum absolute atomic E-state index is 0.157. The van der Waals surface area contributed by atoms with E-state index < -0.39 is 0 Å². The minimum atomic E-state index is 0.157. The average molecular weight is 237 g/mol. The first-order valence-corrected chi connectivity index (χ1v) is 6.24. The van der Waals surface area contributed by atoms with Gasteiger partial charge in [-0.1, -0.05) is 20.8 Å². The predicted octanol–water partition coefficient (Wildman–Crippen LogP) is 2.32. The third-order valence-electron chi connectivity index (χ3n) is 2.75. The van der Waals surface area contributed by atoms with E-state index in [1.54, 1.807) is 0 Å². The van der Waals surface area contributed by atoms with Crippen LogP contribution in [0.5, 0.6) is 5.88 Å². The van der Waals surface area contributed by atoms with Crippen LogP contribution in [0.1, 0.15) is 39.1 Å². The highest BCUT2D eigenvalue weighted by molar-refractivity contribution is 5.23. The van der Waals surface area contributed by atoms with E-state index in [1.165, 1.54) is 0 Å². The zero-order valence-electron chi connectivity index (χ0n) is 11.4. The van der Waals surface area contributed by atoms with Crippen molar-refractivity contribution in [1.82, 2.24) is 15.3 Å². The highest BCUT2D eigenvalue weighted by Crippen LogP contribution is 2.18. The van der Waals surface area contributed by atoms with Crippen LogP contribution >= 0.6 is 0 Å². The fourth-order valence-electron chi connectivity index (χ4n) is 1.27. The lowest BCUT2D eigenvalue weighted by Gasteiger charge is -2.19. The van der Waals surface area contributed by atoms with E-state index in [0.717, 1.165) is 24.5 Å². The van der Waals surface area contributed by atoms with Crippen molar-refractivity contribution < 1.29 is 4.74 Å². The highest BCUT2D eigenvalue weighted by Gasteiger charge is 2.13. The first-order valence-electron chi connectivity index (χ1n) is 6.24. The van der Waals surface area contributed by atoms with Crippen molar-refractivity contribution in [3.8, 4) is 5.88 Å². The summed E-state index contributed by atoms with van der Waals surface area (Å²) < 4.78 is 5.89.